The number of thioether (sulfide) groups is 1. The maximum absolute atomic E-state index is 12.7. The molecule has 0 spiro atoms. The summed E-state index contributed by atoms with van der Waals surface area (Å²) in [6, 6.07) is 14.3. The third kappa shape index (κ3) is 5.25. The molecule has 27 heavy (non-hydrogen) atoms. The van der Waals surface area contributed by atoms with Gasteiger partial charge in [-0.15, -0.1) is 11.8 Å². The lowest BCUT2D eigenvalue weighted by molar-refractivity contribution is -0.113. The lowest BCUT2D eigenvalue weighted by Crippen LogP contribution is -2.28. The summed E-state index contributed by atoms with van der Waals surface area (Å²) in [5.74, 6) is 0.772. The summed E-state index contributed by atoms with van der Waals surface area (Å²) in [6.45, 7) is 1.06. The average Bonchev–Trinajstić information content (AvgIpc) is 3.20. The Bertz CT molecular complexity index is 898. The van der Waals surface area contributed by atoms with Gasteiger partial charge in [0.2, 0.25) is 15.9 Å². The molecule has 0 unspecified atom stereocenters. The van der Waals surface area contributed by atoms with E-state index in [1.807, 2.05) is 30.3 Å². The third-order valence-corrected chi connectivity index (χ3v) is 7.49. The molecular formula is C19H21ClN2O3S2. The van der Waals surface area contributed by atoms with E-state index < -0.39 is 10.0 Å². The predicted molar refractivity (Wildman–Crippen MR) is 111 cm³/mol. The molecule has 8 heteroatoms. The summed E-state index contributed by atoms with van der Waals surface area (Å²) < 4.78 is 26.8. The van der Waals surface area contributed by atoms with Crippen molar-refractivity contribution in [1.82, 2.24) is 4.31 Å². The number of anilines is 1. The average molecular weight is 425 g/mol. The van der Waals surface area contributed by atoms with Gasteiger partial charge in [0.25, 0.3) is 0 Å². The van der Waals surface area contributed by atoms with Crippen LogP contribution in [-0.2, 0) is 20.6 Å². The van der Waals surface area contributed by atoms with Crippen LogP contribution in [0.1, 0.15) is 18.4 Å². The largest absolute Gasteiger partial charge is 0.324 e. The van der Waals surface area contributed by atoms with E-state index in [1.54, 1.807) is 0 Å². The number of carbonyl (C=O) groups excluding carboxylic acids is 1. The lowest BCUT2D eigenvalue weighted by atomic mass is 10.2. The molecule has 1 aliphatic rings. The SMILES string of the molecule is O=C(CSCc1ccccc1)Nc1cc(S(=O)(=O)N2CCCC2)ccc1Cl. The summed E-state index contributed by atoms with van der Waals surface area (Å²) in [7, 11) is -3.55. The van der Waals surface area contributed by atoms with Gasteiger partial charge in [0, 0.05) is 18.8 Å². The molecule has 1 fully saturated rings. The first-order valence-corrected chi connectivity index (χ1v) is 11.7. The van der Waals surface area contributed by atoms with Gasteiger partial charge in [0.1, 0.15) is 0 Å². The second kappa shape index (κ2) is 9.10. The van der Waals surface area contributed by atoms with Crippen molar-refractivity contribution >= 4 is 45.0 Å². The van der Waals surface area contributed by atoms with E-state index in [1.165, 1.54) is 34.3 Å². The molecule has 0 radical (unpaired) electrons. The summed E-state index contributed by atoms with van der Waals surface area (Å²) in [6.07, 6.45) is 1.74. The zero-order chi connectivity index (χ0) is 19.3. The normalized spacial score (nSPS) is 15.0. The second-order valence-corrected chi connectivity index (χ2v) is 9.61. The van der Waals surface area contributed by atoms with E-state index in [4.69, 9.17) is 11.6 Å². The number of hydrogen-bond acceptors (Lipinski definition) is 4. The Hall–Kier alpha value is -1.54. The minimum atomic E-state index is -3.55. The maximum Gasteiger partial charge on any atom is 0.243 e. The van der Waals surface area contributed by atoms with Gasteiger partial charge >= 0.3 is 0 Å². The molecule has 2 aromatic carbocycles. The fraction of sp³-hybridized carbons (Fsp3) is 0.316. The maximum atomic E-state index is 12.7. The van der Waals surface area contributed by atoms with Gasteiger partial charge in [0.15, 0.2) is 0 Å². The van der Waals surface area contributed by atoms with Crippen molar-refractivity contribution in [3.63, 3.8) is 0 Å². The highest BCUT2D eigenvalue weighted by Gasteiger charge is 2.27. The highest BCUT2D eigenvalue weighted by atomic mass is 35.5. The van der Waals surface area contributed by atoms with Gasteiger partial charge in [-0.3, -0.25) is 4.79 Å². The number of sulfonamides is 1. The molecular weight excluding hydrogens is 404 g/mol. The molecule has 1 heterocycles. The standard InChI is InChI=1S/C19H21ClN2O3S2/c20-17-9-8-16(27(24,25)22-10-4-5-11-22)12-18(17)21-19(23)14-26-13-15-6-2-1-3-7-15/h1-3,6-9,12H,4-5,10-11,13-14H2,(H,21,23). The highest BCUT2D eigenvalue weighted by molar-refractivity contribution is 7.99. The summed E-state index contributed by atoms with van der Waals surface area (Å²) in [4.78, 5) is 12.4. The number of benzene rings is 2. The van der Waals surface area contributed by atoms with E-state index >= 15 is 0 Å². The Morgan fingerprint density at radius 3 is 2.52 bits per heavy atom. The lowest BCUT2D eigenvalue weighted by Gasteiger charge is -2.16. The van der Waals surface area contributed by atoms with Gasteiger partial charge in [-0.05, 0) is 36.6 Å². The van der Waals surface area contributed by atoms with Gasteiger partial charge in [-0.25, -0.2) is 8.42 Å². The molecule has 1 aliphatic heterocycles. The van der Waals surface area contributed by atoms with Gasteiger partial charge in [-0.2, -0.15) is 4.31 Å². The molecule has 144 valence electrons. The number of halogens is 1. The van der Waals surface area contributed by atoms with Crippen molar-refractivity contribution in [2.75, 3.05) is 24.2 Å². The fourth-order valence-electron chi connectivity index (χ4n) is 2.86. The minimum absolute atomic E-state index is 0.154. The van der Waals surface area contributed by atoms with Crippen LogP contribution in [0.25, 0.3) is 0 Å². The first kappa shape index (κ1) is 20.2. The van der Waals surface area contributed by atoms with Crippen LogP contribution in [0.15, 0.2) is 53.4 Å². The number of amides is 1. The molecule has 0 bridgehead atoms. The first-order valence-electron chi connectivity index (χ1n) is 8.68. The molecule has 2 aromatic rings. The minimum Gasteiger partial charge on any atom is -0.324 e. The molecule has 1 N–H and O–H groups in total. The van der Waals surface area contributed by atoms with Crippen molar-refractivity contribution in [1.29, 1.82) is 0 Å². The molecule has 5 nitrogen and oxygen atoms in total. The van der Waals surface area contributed by atoms with Gasteiger partial charge in [0.05, 0.1) is 21.4 Å². The molecule has 0 atom stereocenters. The number of hydrogen-bond donors (Lipinski definition) is 1. The Balaban J connectivity index is 1.63. The Morgan fingerprint density at radius 2 is 1.81 bits per heavy atom. The van der Waals surface area contributed by atoms with Crippen molar-refractivity contribution in [3.8, 4) is 0 Å². The number of nitrogens with zero attached hydrogens (tertiary/aromatic N) is 1. The van der Waals surface area contributed by atoms with Crippen molar-refractivity contribution in [2.24, 2.45) is 0 Å². The van der Waals surface area contributed by atoms with Crippen LogP contribution in [0, 0.1) is 0 Å². The van der Waals surface area contributed by atoms with Crippen LogP contribution < -0.4 is 5.32 Å². The Morgan fingerprint density at radius 1 is 1.11 bits per heavy atom. The van der Waals surface area contributed by atoms with Crippen molar-refractivity contribution in [2.45, 2.75) is 23.5 Å². The van der Waals surface area contributed by atoms with Crippen LogP contribution in [0.5, 0.6) is 0 Å². The zero-order valence-electron chi connectivity index (χ0n) is 14.7. The topological polar surface area (TPSA) is 66.5 Å². The molecule has 3 rings (SSSR count). The zero-order valence-corrected chi connectivity index (χ0v) is 17.1. The summed E-state index contributed by atoms with van der Waals surface area (Å²) >= 11 is 7.64. The first-order chi connectivity index (χ1) is 13.0. The number of rotatable bonds is 7. The van der Waals surface area contributed by atoms with E-state index in [-0.39, 0.29) is 16.6 Å². The third-order valence-electron chi connectivity index (χ3n) is 4.26. The molecule has 0 aromatic heterocycles. The predicted octanol–water partition coefficient (Wildman–Crippen LogP) is 4.00. The second-order valence-electron chi connectivity index (χ2n) is 6.28. The van der Waals surface area contributed by atoms with Crippen LogP contribution in [-0.4, -0.2) is 37.5 Å². The monoisotopic (exact) mass is 424 g/mol. The number of carbonyl (C=O) groups is 1. The quantitative estimate of drug-likeness (QED) is 0.729. The van der Waals surface area contributed by atoms with Crippen molar-refractivity contribution < 1.29 is 13.2 Å². The van der Waals surface area contributed by atoms with E-state index in [0.29, 0.717) is 23.8 Å². The molecule has 1 saturated heterocycles. The van der Waals surface area contributed by atoms with Crippen LogP contribution in [0.3, 0.4) is 0 Å². The van der Waals surface area contributed by atoms with Crippen LogP contribution in [0.4, 0.5) is 5.69 Å². The molecule has 1 amide bonds. The Labute approximate surface area is 169 Å². The van der Waals surface area contributed by atoms with Gasteiger partial charge in [-0.1, -0.05) is 41.9 Å². The fourth-order valence-corrected chi connectivity index (χ4v) is 5.36. The van der Waals surface area contributed by atoms with E-state index in [2.05, 4.69) is 5.32 Å². The smallest absolute Gasteiger partial charge is 0.243 e. The molecule has 0 aliphatic carbocycles. The summed E-state index contributed by atoms with van der Waals surface area (Å²) in [5, 5.41) is 3.04. The van der Waals surface area contributed by atoms with Crippen LogP contribution >= 0.6 is 23.4 Å². The van der Waals surface area contributed by atoms with E-state index in [0.717, 1.165) is 24.2 Å². The van der Waals surface area contributed by atoms with Gasteiger partial charge < -0.3 is 5.32 Å². The molecule has 0 saturated carbocycles. The number of nitrogens with one attached hydrogen (secondary N) is 1. The summed E-state index contributed by atoms with van der Waals surface area (Å²) in [5.41, 5.74) is 1.47. The highest BCUT2D eigenvalue weighted by Crippen LogP contribution is 2.28. The Kier molecular flexibility index (Phi) is 6.81. The van der Waals surface area contributed by atoms with E-state index in [9.17, 15) is 13.2 Å². The van der Waals surface area contributed by atoms with Crippen LogP contribution in [0.2, 0.25) is 5.02 Å². The van der Waals surface area contributed by atoms with Crippen molar-refractivity contribution in [3.05, 3.63) is 59.1 Å².